The van der Waals surface area contributed by atoms with Crippen LogP contribution in [-0.2, 0) is 10.9 Å². The van der Waals surface area contributed by atoms with Crippen molar-refractivity contribution in [2.75, 3.05) is 19.6 Å². The van der Waals surface area contributed by atoms with Gasteiger partial charge in [-0.1, -0.05) is 0 Å². The Morgan fingerprint density at radius 3 is 2.29 bits per heavy atom. The summed E-state index contributed by atoms with van der Waals surface area (Å²) < 4.78 is 5.03. The molecule has 1 aromatic rings. The second kappa shape index (κ2) is 4.96. The van der Waals surface area contributed by atoms with Crippen molar-refractivity contribution in [3.05, 3.63) is 35.2 Å². The van der Waals surface area contributed by atoms with Crippen LogP contribution in [0.4, 0.5) is 0 Å². The molecule has 0 unspecified atom stereocenters. The standard InChI is InChI=1S/C11H14O2S/c1-13-10-6-4-9(5-7-10)11(12)8-14(2)3/h4-8H,1-3H3/p+1/b11-8-. The third-order valence-corrected chi connectivity index (χ3v) is 2.43. The van der Waals surface area contributed by atoms with Gasteiger partial charge in [0, 0.05) is 16.5 Å². The normalized spacial score (nSPS) is 11.9. The van der Waals surface area contributed by atoms with E-state index in [1.54, 1.807) is 7.11 Å². The summed E-state index contributed by atoms with van der Waals surface area (Å²) in [6.45, 7) is 0. The van der Waals surface area contributed by atoms with Gasteiger partial charge >= 0.3 is 0 Å². The molecular weight excluding hydrogens is 196 g/mol. The van der Waals surface area contributed by atoms with E-state index in [9.17, 15) is 5.11 Å². The molecule has 0 aromatic heterocycles. The lowest BCUT2D eigenvalue weighted by molar-refractivity contribution is 0.414. The maximum Gasteiger partial charge on any atom is 0.170 e. The van der Waals surface area contributed by atoms with Crippen LogP contribution in [0.3, 0.4) is 0 Å². The highest BCUT2D eigenvalue weighted by atomic mass is 32.2. The lowest BCUT2D eigenvalue weighted by Gasteiger charge is -2.01. The Balaban J connectivity index is 2.86. The largest absolute Gasteiger partial charge is 0.503 e. The smallest absolute Gasteiger partial charge is 0.170 e. The van der Waals surface area contributed by atoms with E-state index < -0.39 is 0 Å². The third-order valence-electron chi connectivity index (χ3n) is 1.73. The van der Waals surface area contributed by atoms with Gasteiger partial charge < -0.3 is 9.84 Å². The van der Waals surface area contributed by atoms with E-state index in [1.165, 1.54) is 0 Å². The Morgan fingerprint density at radius 2 is 1.86 bits per heavy atom. The highest BCUT2D eigenvalue weighted by molar-refractivity contribution is 7.98. The molecule has 2 nitrogen and oxygen atoms in total. The summed E-state index contributed by atoms with van der Waals surface area (Å²) in [6, 6.07) is 7.36. The molecule has 0 aliphatic rings. The number of rotatable bonds is 3. The molecule has 0 radical (unpaired) electrons. The first-order valence-electron chi connectivity index (χ1n) is 4.25. The molecule has 0 spiro atoms. The first-order chi connectivity index (χ1) is 6.63. The van der Waals surface area contributed by atoms with Gasteiger partial charge in [-0.2, -0.15) is 0 Å². The molecule has 1 rings (SSSR count). The van der Waals surface area contributed by atoms with Crippen molar-refractivity contribution < 1.29 is 9.84 Å². The zero-order valence-corrected chi connectivity index (χ0v) is 9.47. The van der Waals surface area contributed by atoms with Crippen LogP contribution in [0.2, 0.25) is 0 Å². The molecule has 0 fully saturated rings. The van der Waals surface area contributed by atoms with Gasteiger partial charge in [0.1, 0.15) is 18.3 Å². The first kappa shape index (κ1) is 11.0. The third kappa shape index (κ3) is 3.00. The van der Waals surface area contributed by atoms with Crippen molar-refractivity contribution in [1.29, 1.82) is 0 Å². The fraction of sp³-hybridized carbons (Fsp3) is 0.273. The van der Waals surface area contributed by atoms with Crippen LogP contribution < -0.4 is 4.74 Å². The molecule has 3 heteroatoms. The molecule has 0 amide bonds. The minimum atomic E-state index is 0.103. The molecule has 76 valence electrons. The summed E-state index contributed by atoms with van der Waals surface area (Å²) in [5, 5.41) is 11.5. The average Bonchev–Trinajstić information content (AvgIpc) is 2.17. The van der Waals surface area contributed by atoms with Crippen LogP contribution in [-0.4, -0.2) is 24.7 Å². The number of hydrogen-bond donors (Lipinski definition) is 1. The second-order valence-corrected chi connectivity index (χ2v) is 5.11. The lowest BCUT2D eigenvalue weighted by Crippen LogP contribution is -1.91. The van der Waals surface area contributed by atoms with E-state index in [2.05, 4.69) is 12.5 Å². The van der Waals surface area contributed by atoms with E-state index in [-0.39, 0.29) is 10.9 Å². The summed E-state index contributed by atoms with van der Waals surface area (Å²) in [4.78, 5) is 0. The summed E-state index contributed by atoms with van der Waals surface area (Å²) in [7, 11) is 1.73. The molecule has 0 aliphatic heterocycles. The Hall–Kier alpha value is -1.09. The number of methoxy groups -OCH3 is 1. The summed E-state index contributed by atoms with van der Waals surface area (Å²) in [5.41, 5.74) is 0.826. The summed E-state index contributed by atoms with van der Waals surface area (Å²) in [5.74, 6) is 1.13. The number of aliphatic hydroxyl groups excluding tert-OH is 1. The zero-order valence-electron chi connectivity index (χ0n) is 8.65. The SMILES string of the molecule is COc1ccc(/C(O)=C/[S+](C)C)cc1. The van der Waals surface area contributed by atoms with Crippen LogP contribution >= 0.6 is 0 Å². The van der Waals surface area contributed by atoms with E-state index in [4.69, 9.17) is 4.74 Å². The Morgan fingerprint density at radius 1 is 1.29 bits per heavy atom. The van der Waals surface area contributed by atoms with Gasteiger partial charge in [0.15, 0.2) is 11.2 Å². The molecule has 0 heterocycles. The molecule has 1 aromatic carbocycles. The van der Waals surface area contributed by atoms with Gasteiger partial charge in [-0.25, -0.2) is 0 Å². The van der Waals surface area contributed by atoms with Crippen molar-refractivity contribution in [3.8, 4) is 5.75 Å². The van der Waals surface area contributed by atoms with Crippen LogP contribution in [0.25, 0.3) is 5.76 Å². The molecule has 0 bridgehead atoms. The highest BCUT2D eigenvalue weighted by Crippen LogP contribution is 2.17. The predicted octanol–water partition coefficient (Wildman–Crippen LogP) is 2.43. The Kier molecular flexibility index (Phi) is 3.89. The van der Waals surface area contributed by atoms with Crippen molar-refractivity contribution in [2.45, 2.75) is 0 Å². The van der Waals surface area contributed by atoms with Gasteiger partial charge in [-0.3, -0.25) is 0 Å². The Labute approximate surface area is 87.6 Å². The van der Waals surface area contributed by atoms with Gasteiger partial charge in [-0.15, -0.1) is 0 Å². The number of benzene rings is 1. The molecule has 0 saturated heterocycles. The molecule has 0 aliphatic carbocycles. The van der Waals surface area contributed by atoms with Crippen LogP contribution in [0.15, 0.2) is 29.7 Å². The highest BCUT2D eigenvalue weighted by Gasteiger charge is 2.04. The van der Waals surface area contributed by atoms with E-state index in [0.29, 0.717) is 5.76 Å². The van der Waals surface area contributed by atoms with E-state index in [1.807, 2.05) is 29.7 Å². The van der Waals surface area contributed by atoms with Gasteiger partial charge in [0.25, 0.3) is 0 Å². The summed E-state index contributed by atoms with van der Waals surface area (Å²) >= 11 is 0. The zero-order chi connectivity index (χ0) is 10.6. The lowest BCUT2D eigenvalue weighted by atomic mass is 10.2. The summed E-state index contributed by atoms with van der Waals surface area (Å²) in [6.07, 6.45) is 4.11. The van der Waals surface area contributed by atoms with Crippen molar-refractivity contribution >= 4 is 16.7 Å². The van der Waals surface area contributed by atoms with Crippen molar-refractivity contribution in [1.82, 2.24) is 0 Å². The maximum atomic E-state index is 9.68. The van der Waals surface area contributed by atoms with Crippen molar-refractivity contribution in [3.63, 3.8) is 0 Å². The van der Waals surface area contributed by atoms with Crippen LogP contribution in [0.1, 0.15) is 5.56 Å². The fourth-order valence-corrected chi connectivity index (χ4v) is 1.64. The van der Waals surface area contributed by atoms with Crippen LogP contribution in [0, 0.1) is 0 Å². The quantitative estimate of drug-likeness (QED) is 0.614. The molecular formula is C11H15O2S+. The predicted molar refractivity (Wildman–Crippen MR) is 62.8 cm³/mol. The molecule has 1 N–H and O–H groups in total. The van der Waals surface area contributed by atoms with E-state index >= 15 is 0 Å². The number of ether oxygens (including phenoxy) is 1. The fourth-order valence-electron chi connectivity index (χ4n) is 1.05. The minimum Gasteiger partial charge on any atom is -0.503 e. The van der Waals surface area contributed by atoms with Crippen molar-refractivity contribution in [2.24, 2.45) is 0 Å². The van der Waals surface area contributed by atoms with Gasteiger partial charge in [0.05, 0.1) is 7.11 Å². The molecule has 0 atom stereocenters. The number of hydrogen-bond acceptors (Lipinski definition) is 2. The van der Waals surface area contributed by atoms with E-state index in [0.717, 1.165) is 11.3 Å². The monoisotopic (exact) mass is 211 g/mol. The topological polar surface area (TPSA) is 29.5 Å². The maximum absolute atomic E-state index is 9.68. The molecule has 0 saturated carbocycles. The number of aliphatic hydroxyl groups is 1. The van der Waals surface area contributed by atoms with Crippen LogP contribution in [0.5, 0.6) is 5.75 Å². The Bertz CT molecular complexity index is 315. The second-order valence-electron chi connectivity index (χ2n) is 3.11. The minimum absolute atomic E-state index is 0.103. The van der Waals surface area contributed by atoms with Gasteiger partial charge in [0.2, 0.25) is 0 Å². The van der Waals surface area contributed by atoms with Gasteiger partial charge in [-0.05, 0) is 24.3 Å². The first-order valence-corrected chi connectivity index (χ1v) is 6.35. The average molecular weight is 211 g/mol. The molecule has 14 heavy (non-hydrogen) atoms.